The van der Waals surface area contributed by atoms with E-state index in [1.54, 1.807) is 6.08 Å². The molecule has 120 valence electrons. The quantitative estimate of drug-likeness (QED) is 0.470. The second kappa shape index (κ2) is 9.78. The van der Waals surface area contributed by atoms with Gasteiger partial charge in [-0.2, -0.15) is 0 Å². The summed E-state index contributed by atoms with van der Waals surface area (Å²) in [4.78, 5) is 12.0. The van der Waals surface area contributed by atoms with Crippen molar-refractivity contribution in [3.8, 4) is 0 Å². The minimum atomic E-state index is -0.130. The number of hydrogen-bond donors (Lipinski definition) is 0. The summed E-state index contributed by atoms with van der Waals surface area (Å²) in [5, 5.41) is 0. The molecule has 1 aliphatic rings. The van der Waals surface area contributed by atoms with Crippen LogP contribution in [0.15, 0.2) is 25.3 Å². The molecular formula is C18H30O3. The highest BCUT2D eigenvalue weighted by Crippen LogP contribution is 2.25. The zero-order valence-electron chi connectivity index (χ0n) is 13.6. The Bertz CT molecular complexity index is 337. The smallest absolute Gasteiger partial charge is 0.309 e. The molecule has 0 aromatic heterocycles. The average Bonchev–Trinajstić information content (AvgIpc) is 2.47. The number of hydrogen-bond acceptors (Lipinski definition) is 3. The van der Waals surface area contributed by atoms with E-state index >= 15 is 0 Å². The van der Waals surface area contributed by atoms with Gasteiger partial charge in [0.25, 0.3) is 0 Å². The van der Waals surface area contributed by atoms with Crippen molar-refractivity contribution >= 4 is 5.97 Å². The molecule has 1 fully saturated rings. The highest BCUT2D eigenvalue weighted by Gasteiger charge is 2.30. The Kier molecular flexibility index (Phi) is 8.36. The Labute approximate surface area is 129 Å². The van der Waals surface area contributed by atoms with Gasteiger partial charge >= 0.3 is 5.97 Å². The summed E-state index contributed by atoms with van der Waals surface area (Å²) in [7, 11) is 0. The van der Waals surface area contributed by atoms with E-state index in [1.807, 2.05) is 13.0 Å². The summed E-state index contributed by atoms with van der Waals surface area (Å²) < 4.78 is 11.7. The molecule has 1 aliphatic carbocycles. The molecule has 1 saturated carbocycles. The van der Waals surface area contributed by atoms with E-state index in [0.29, 0.717) is 18.9 Å². The SMILES string of the molecule is C=CCC(C)COC1CCCCC1OC(=O)C(C)CC=C. The molecule has 3 heteroatoms. The lowest BCUT2D eigenvalue weighted by atomic mass is 9.94. The summed E-state index contributed by atoms with van der Waals surface area (Å²) in [6.45, 7) is 12.2. The molecule has 4 unspecified atom stereocenters. The molecule has 0 N–H and O–H groups in total. The van der Waals surface area contributed by atoms with Crippen molar-refractivity contribution in [1.29, 1.82) is 0 Å². The highest BCUT2D eigenvalue weighted by atomic mass is 16.6. The van der Waals surface area contributed by atoms with Gasteiger partial charge in [-0.05, 0) is 38.0 Å². The van der Waals surface area contributed by atoms with Crippen LogP contribution in [0.2, 0.25) is 0 Å². The number of carbonyl (C=O) groups excluding carboxylic acids is 1. The third-order valence-corrected chi connectivity index (χ3v) is 4.00. The molecule has 4 atom stereocenters. The maximum Gasteiger partial charge on any atom is 0.309 e. The third-order valence-electron chi connectivity index (χ3n) is 4.00. The second-order valence-electron chi connectivity index (χ2n) is 6.19. The minimum absolute atomic E-state index is 0.0471. The summed E-state index contributed by atoms with van der Waals surface area (Å²) in [5.41, 5.74) is 0. The Balaban J connectivity index is 2.46. The fourth-order valence-corrected chi connectivity index (χ4v) is 2.64. The Hall–Kier alpha value is -1.09. The second-order valence-corrected chi connectivity index (χ2v) is 6.19. The molecule has 21 heavy (non-hydrogen) atoms. The van der Waals surface area contributed by atoms with Gasteiger partial charge in [-0.1, -0.05) is 32.4 Å². The van der Waals surface area contributed by atoms with E-state index in [-0.39, 0.29) is 24.1 Å². The van der Waals surface area contributed by atoms with Gasteiger partial charge in [0, 0.05) is 6.61 Å². The predicted octanol–water partition coefficient (Wildman–Crippen LogP) is 4.28. The fourth-order valence-electron chi connectivity index (χ4n) is 2.64. The van der Waals surface area contributed by atoms with Crippen LogP contribution in [0.5, 0.6) is 0 Å². The first-order valence-corrected chi connectivity index (χ1v) is 8.12. The molecule has 1 rings (SSSR count). The Morgan fingerprint density at radius 3 is 2.38 bits per heavy atom. The average molecular weight is 294 g/mol. The van der Waals surface area contributed by atoms with Gasteiger partial charge in [0.15, 0.2) is 0 Å². The fraction of sp³-hybridized carbons (Fsp3) is 0.722. The summed E-state index contributed by atoms with van der Waals surface area (Å²) >= 11 is 0. The van der Waals surface area contributed by atoms with E-state index in [0.717, 1.165) is 32.1 Å². The van der Waals surface area contributed by atoms with Crippen LogP contribution in [-0.4, -0.2) is 24.8 Å². The highest BCUT2D eigenvalue weighted by molar-refractivity contribution is 5.72. The van der Waals surface area contributed by atoms with Gasteiger partial charge in [0.2, 0.25) is 0 Å². The number of rotatable bonds is 9. The van der Waals surface area contributed by atoms with Crippen LogP contribution in [0.4, 0.5) is 0 Å². The lowest BCUT2D eigenvalue weighted by Crippen LogP contribution is -2.38. The van der Waals surface area contributed by atoms with Gasteiger partial charge in [-0.25, -0.2) is 0 Å². The maximum absolute atomic E-state index is 12.0. The number of allylic oxidation sites excluding steroid dienone is 2. The summed E-state index contributed by atoms with van der Waals surface area (Å²) in [5.74, 6) is 0.208. The van der Waals surface area contributed by atoms with Gasteiger partial charge in [0.1, 0.15) is 6.10 Å². The molecule has 0 heterocycles. The first kappa shape index (κ1) is 18.0. The molecule has 0 bridgehead atoms. The van der Waals surface area contributed by atoms with E-state index < -0.39 is 0 Å². The van der Waals surface area contributed by atoms with Gasteiger partial charge in [-0.3, -0.25) is 4.79 Å². The summed E-state index contributed by atoms with van der Waals surface area (Å²) in [6, 6.07) is 0. The van der Waals surface area contributed by atoms with Crippen LogP contribution in [0.25, 0.3) is 0 Å². The molecule has 0 spiro atoms. The first-order chi connectivity index (χ1) is 10.1. The van der Waals surface area contributed by atoms with Gasteiger partial charge in [0.05, 0.1) is 12.0 Å². The van der Waals surface area contributed by atoms with Crippen molar-refractivity contribution in [2.24, 2.45) is 11.8 Å². The van der Waals surface area contributed by atoms with Crippen molar-refractivity contribution in [1.82, 2.24) is 0 Å². The standard InChI is InChI=1S/C18H30O3/c1-5-9-14(3)13-20-16-11-7-8-12-17(16)21-18(19)15(4)10-6-2/h5-6,14-17H,1-2,7-13H2,3-4H3. The van der Waals surface area contributed by atoms with Crippen LogP contribution in [0.1, 0.15) is 52.4 Å². The van der Waals surface area contributed by atoms with Crippen molar-refractivity contribution in [3.63, 3.8) is 0 Å². The number of esters is 1. The van der Waals surface area contributed by atoms with Crippen molar-refractivity contribution < 1.29 is 14.3 Å². The summed E-state index contributed by atoms with van der Waals surface area (Å²) in [6.07, 6.45) is 9.40. The molecule has 0 radical (unpaired) electrons. The van der Waals surface area contributed by atoms with Gasteiger partial charge in [-0.15, -0.1) is 13.2 Å². The van der Waals surface area contributed by atoms with Crippen molar-refractivity contribution in [2.45, 2.75) is 64.6 Å². The van der Waals surface area contributed by atoms with E-state index in [2.05, 4.69) is 20.1 Å². The predicted molar refractivity (Wildman–Crippen MR) is 86.0 cm³/mol. The first-order valence-electron chi connectivity index (χ1n) is 8.12. The van der Waals surface area contributed by atoms with Gasteiger partial charge < -0.3 is 9.47 Å². The molecule has 0 amide bonds. The minimum Gasteiger partial charge on any atom is -0.459 e. The maximum atomic E-state index is 12.0. The van der Waals surface area contributed by atoms with Crippen LogP contribution >= 0.6 is 0 Å². The molecule has 0 aromatic carbocycles. The topological polar surface area (TPSA) is 35.5 Å². The van der Waals surface area contributed by atoms with E-state index in [1.165, 1.54) is 0 Å². The lowest BCUT2D eigenvalue weighted by molar-refractivity contribution is -0.166. The molecule has 0 aliphatic heterocycles. The van der Waals surface area contributed by atoms with Crippen LogP contribution in [0.3, 0.4) is 0 Å². The Morgan fingerprint density at radius 1 is 1.14 bits per heavy atom. The largest absolute Gasteiger partial charge is 0.459 e. The number of carbonyl (C=O) groups is 1. The molecule has 3 nitrogen and oxygen atoms in total. The van der Waals surface area contributed by atoms with Crippen LogP contribution in [-0.2, 0) is 14.3 Å². The van der Waals surface area contributed by atoms with Crippen molar-refractivity contribution in [2.75, 3.05) is 6.61 Å². The molecule has 0 saturated heterocycles. The molecule has 0 aromatic rings. The zero-order valence-corrected chi connectivity index (χ0v) is 13.6. The monoisotopic (exact) mass is 294 g/mol. The normalized spacial score (nSPS) is 24.9. The Morgan fingerprint density at radius 2 is 1.76 bits per heavy atom. The van der Waals surface area contributed by atoms with E-state index in [4.69, 9.17) is 9.47 Å². The number of ether oxygens (including phenoxy) is 2. The van der Waals surface area contributed by atoms with Crippen LogP contribution in [0, 0.1) is 11.8 Å². The molecular weight excluding hydrogens is 264 g/mol. The third kappa shape index (κ3) is 6.47. The van der Waals surface area contributed by atoms with Crippen molar-refractivity contribution in [3.05, 3.63) is 25.3 Å². The van der Waals surface area contributed by atoms with Crippen LogP contribution < -0.4 is 0 Å². The zero-order chi connectivity index (χ0) is 15.7. The van der Waals surface area contributed by atoms with E-state index in [9.17, 15) is 4.79 Å². The lowest BCUT2D eigenvalue weighted by Gasteiger charge is -2.32.